The summed E-state index contributed by atoms with van der Waals surface area (Å²) in [6.07, 6.45) is 2.16. The Morgan fingerprint density at radius 2 is 1.93 bits per heavy atom. The van der Waals surface area contributed by atoms with Crippen LogP contribution in [-0.4, -0.2) is 35.7 Å². The van der Waals surface area contributed by atoms with Gasteiger partial charge in [0.1, 0.15) is 0 Å². The van der Waals surface area contributed by atoms with Crippen LogP contribution in [-0.2, 0) is 0 Å². The fraction of sp³-hybridized carbons (Fsp3) is 0.909. The van der Waals surface area contributed by atoms with Crippen LogP contribution < -0.4 is 0 Å². The standard InChI is InChI=1S/C11H22N2O/c1-4-11(5-2)13(6-7-14)9-10(3)8-12/h10-11,14H,4-7,9H2,1-3H3. The molecule has 0 radical (unpaired) electrons. The Hall–Kier alpha value is -0.590. The predicted octanol–water partition coefficient (Wildman–Crippen LogP) is 1.63. The molecule has 0 amide bonds. The topological polar surface area (TPSA) is 47.3 Å². The molecule has 14 heavy (non-hydrogen) atoms. The van der Waals surface area contributed by atoms with Crippen LogP contribution in [0.25, 0.3) is 0 Å². The van der Waals surface area contributed by atoms with Gasteiger partial charge >= 0.3 is 0 Å². The highest BCUT2D eigenvalue weighted by Gasteiger charge is 2.16. The molecule has 0 aliphatic heterocycles. The van der Waals surface area contributed by atoms with Crippen molar-refractivity contribution >= 4 is 0 Å². The lowest BCUT2D eigenvalue weighted by atomic mass is 10.1. The van der Waals surface area contributed by atoms with Gasteiger partial charge in [-0.1, -0.05) is 13.8 Å². The molecule has 1 N–H and O–H groups in total. The maximum Gasteiger partial charge on any atom is 0.0666 e. The largest absolute Gasteiger partial charge is 0.395 e. The fourth-order valence-electron chi connectivity index (χ4n) is 1.75. The molecule has 0 spiro atoms. The van der Waals surface area contributed by atoms with E-state index in [1.807, 2.05) is 6.92 Å². The molecule has 0 saturated heterocycles. The van der Waals surface area contributed by atoms with Crippen molar-refractivity contribution in [3.63, 3.8) is 0 Å². The summed E-state index contributed by atoms with van der Waals surface area (Å²) in [5.41, 5.74) is 0. The summed E-state index contributed by atoms with van der Waals surface area (Å²) in [6, 6.07) is 2.73. The van der Waals surface area contributed by atoms with E-state index in [0.29, 0.717) is 12.6 Å². The Labute approximate surface area is 87.3 Å². The lowest BCUT2D eigenvalue weighted by Crippen LogP contribution is -2.39. The zero-order valence-corrected chi connectivity index (χ0v) is 9.53. The van der Waals surface area contributed by atoms with Gasteiger partial charge in [0, 0.05) is 19.1 Å². The van der Waals surface area contributed by atoms with Gasteiger partial charge in [-0.2, -0.15) is 5.26 Å². The smallest absolute Gasteiger partial charge is 0.0666 e. The second kappa shape index (κ2) is 7.78. The van der Waals surface area contributed by atoms with Crippen LogP contribution in [0.15, 0.2) is 0 Å². The maximum atomic E-state index is 8.94. The number of hydrogen-bond donors (Lipinski definition) is 1. The van der Waals surface area contributed by atoms with E-state index in [4.69, 9.17) is 10.4 Å². The summed E-state index contributed by atoms with van der Waals surface area (Å²) in [5.74, 6) is 0.0437. The van der Waals surface area contributed by atoms with Crippen molar-refractivity contribution in [3.8, 4) is 6.07 Å². The average Bonchev–Trinajstić information content (AvgIpc) is 2.19. The molecule has 0 aliphatic carbocycles. The first-order valence-corrected chi connectivity index (χ1v) is 5.44. The highest BCUT2D eigenvalue weighted by molar-refractivity contribution is 4.83. The Balaban J connectivity index is 4.19. The van der Waals surface area contributed by atoms with Crippen LogP contribution in [0.2, 0.25) is 0 Å². The van der Waals surface area contributed by atoms with Gasteiger partial charge in [-0.25, -0.2) is 0 Å². The van der Waals surface area contributed by atoms with Crippen LogP contribution in [0.3, 0.4) is 0 Å². The van der Waals surface area contributed by atoms with Crippen molar-refractivity contribution < 1.29 is 5.11 Å². The van der Waals surface area contributed by atoms with Crippen molar-refractivity contribution in [1.29, 1.82) is 5.26 Å². The minimum atomic E-state index is 0.0437. The maximum absolute atomic E-state index is 8.94. The zero-order valence-electron chi connectivity index (χ0n) is 9.53. The third kappa shape index (κ3) is 4.59. The normalized spacial score (nSPS) is 13.2. The highest BCUT2D eigenvalue weighted by atomic mass is 16.3. The molecule has 0 aliphatic rings. The zero-order chi connectivity index (χ0) is 11.0. The summed E-state index contributed by atoms with van der Waals surface area (Å²) >= 11 is 0. The van der Waals surface area contributed by atoms with Crippen LogP contribution in [0, 0.1) is 17.2 Å². The molecule has 1 atom stereocenters. The lowest BCUT2D eigenvalue weighted by molar-refractivity contribution is 0.135. The van der Waals surface area contributed by atoms with Gasteiger partial charge in [0.2, 0.25) is 0 Å². The molecule has 0 bridgehead atoms. The van der Waals surface area contributed by atoms with Gasteiger partial charge in [0.15, 0.2) is 0 Å². The molecular formula is C11H22N2O. The van der Waals surface area contributed by atoms with E-state index < -0.39 is 0 Å². The van der Waals surface area contributed by atoms with E-state index in [2.05, 4.69) is 24.8 Å². The van der Waals surface area contributed by atoms with Gasteiger partial charge in [0.25, 0.3) is 0 Å². The second-order valence-electron chi connectivity index (χ2n) is 3.72. The molecule has 0 fully saturated rings. The van der Waals surface area contributed by atoms with Gasteiger partial charge in [-0.15, -0.1) is 0 Å². The van der Waals surface area contributed by atoms with Gasteiger partial charge < -0.3 is 5.11 Å². The van der Waals surface area contributed by atoms with Gasteiger partial charge in [-0.3, -0.25) is 4.90 Å². The summed E-state index contributed by atoms with van der Waals surface area (Å²) in [6.45, 7) is 7.84. The van der Waals surface area contributed by atoms with Gasteiger partial charge in [-0.05, 0) is 19.8 Å². The first-order chi connectivity index (χ1) is 6.69. The molecule has 1 unspecified atom stereocenters. The molecule has 0 aromatic heterocycles. The summed E-state index contributed by atoms with van der Waals surface area (Å²) in [5, 5.41) is 17.7. The lowest BCUT2D eigenvalue weighted by Gasteiger charge is -2.30. The molecule has 3 heteroatoms. The van der Waals surface area contributed by atoms with E-state index in [9.17, 15) is 0 Å². The third-order valence-electron chi connectivity index (χ3n) is 2.57. The van der Waals surface area contributed by atoms with Crippen LogP contribution in [0.1, 0.15) is 33.6 Å². The number of nitriles is 1. The summed E-state index contributed by atoms with van der Waals surface area (Å²) in [4.78, 5) is 2.22. The molecule has 3 nitrogen and oxygen atoms in total. The summed E-state index contributed by atoms with van der Waals surface area (Å²) < 4.78 is 0. The number of rotatable bonds is 7. The molecule has 0 saturated carbocycles. The van der Waals surface area contributed by atoms with Crippen LogP contribution in [0.5, 0.6) is 0 Å². The van der Waals surface area contributed by atoms with Crippen LogP contribution >= 0.6 is 0 Å². The van der Waals surface area contributed by atoms with E-state index in [1.165, 1.54) is 0 Å². The Kier molecular flexibility index (Phi) is 7.45. The molecular weight excluding hydrogens is 176 g/mol. The van der Waals surface area contributed by atoms with Crippen molar-refractivity contribution in [3.05, 3.63) is 0 Å². The minimum absolute atomic E-state index is 0.0437. The average molecular weight is 198 g/mol. The van der Waals surface area contributed by atoms with E-state index >= 15 is 0 Å². The second-order valence-corrected chi connectivity index (χ2v) is 3.72. The number of aliphatic hydroxyl groups is 1. The molecule has 0 heterocycles. The number of aliphatic hydroxyl groups excluding tert-OH is 1. The monoisotopic (exact) mass is 198 g/mol. The number of nitrogens with zero attached hydrogens (tertiary/aromatic N) is 2. The molecule has 82 valence electrons. The first-order valence-electron chi connectivity index (χ1n) is 5.44. The van der Waals surface area contributed by atoms with Gasteiger partial charge in [0.05, 0.1) is 18.6 Å². The Morgan fingerprint density at radius 1 is 1.36 bits per heavy atom. The quantitative estimate of drug-likeness (QED) is 0.676. The molecule has 0 aromatic rings. The predicted molar refractivity (Wildman–Crippen MR) is 57.8 cm³/mol. The van der Waals surface area contributed by atoms with Crippen molar-refractivity contribution in [1.82, 2.24) is 4.90 Å². The Morgan fingerprint density at radius 3 is 2.29 bits per heavy atom. The van der Waals surface area contributed by atoms with Crippen molar-refractivity contribution in [2.45, 2.75) is 39.7 Å². The number of hydrogen-bond acceptors (Lipinski definition) is 3. The molecule has 0 aromatic carbocycles. The fourth-order valence-corrected chi connectivity index (χ4v) is 1.75. The minimum Gasteiger partial charge on any atom is -0.395 e. The Bertz CT molecular complexity index is 173. The van der Waals surface area contributed by atoms with E-state index in [1.54, 1.807) is 0 Å². The summed E-state index contributed by atoms with van der Waals surface area (Å²) in [7, 11) is 0. The SMILES string of the molecule is CCC(CC)N(CCO)CC(C)C#N. The van der Waals surface area contributed by atoms with E-state index in [0.717, 1.165) is 19.4 Å². The first kappa shape index (κ1) is 13.4. The highest BCUT2D eigenvalue weighted by Crippen LogP contribution is 2.10. The third-order valence-corrected chi connectivity index (χ3v) is 2.57. The van der Waals surface area contributed by atoms with Crippen molar-refractivity contribution in [2.24, 2.45) is 5.92 Å². The van der Waals surface area contributed by atoms with Crippen molar-refractivity contribution in [2.75, 3.05) is 19.7 Å². The van der Waals surface area contributed by atoms with Crippen LogP contribution in [0.4, 0.5) is 0 Å². The molecule has 0 rings (SSSR count). The van der Waals surface area contributed by atoms with E-state index in [-0.39, 0.29) is 12.5 Å².